The molecule has 0 aromatic rings. The van der Waals surface area contributed by atoms with E-state index in [1.165, 1.54) is 122 Å². The predicted octanol–water partition coefficient (Wildman–Crippen LogP) is 11.3. The van der Waals surface area contributed by atoms with Crippen molar-refractivity contribution in [2.75, 3.05) is 13.2 Å². The van der Waals surface area contributed by atoms with E-state index in [0.717, 1.165) is 50.4 Å². The summed E-state index contributed by atoms with van der Waals surface area (Å²) in [5, 5.41) is 9.53. The molecule has 0 saturated carbocycles. The highest BCUT2D eigenvalue weighted by atomic mass is 16.6. The summed E-state index contributed by atoms with van der Waals surface area (Å²) in [4.78, 5) is 24.2. The molecule has 0 aliphatic carbocycles. The lowest BCUT2D eigenvalue weighted by molar-refractivity contribution is -0.161. The molecule has 1 N–H and O–H groups in total. The third kappa shape index (κ3) is 32.1. The van der Waals surface area contributed by atoms with E-state index >= 15 is 0 Å². The second-order valence-electron chi connectivity index (χ2n) is 13.7. The summed E-state index contributed by atoms with van der Waals surface area (Å²) in [6, 6.07) is 0. The Balaban J connectivity index is 3.53. The molecule has 256 valence electrons. The Bertz CT molecular complexity index is 605. The van der Waals surface area contributed by atoms with Crippen LogP contribution in [0.1, 0.15) is 201 Å². The van der Waals surface area contributed by atoms with Crippen molar-refractivity contribution in [3.63, 3.8) is 0 Å². The number of rotatable bonds is 33. The van der Waals surface area contributed by atoms with Crippen LogP contribution in [0.3, 0.4) is 0 Å². The molecule has 0 bridgehead atoms. The largest absolute Gasteiger partial charge is 0.462 e. The average molecular weight is 611 g/mol. The van der Waals surface area contributed by atoms with Crippen molar-refractivity contribution in [1.82, 2.24) is 0 Å². The van der Waals surface area contributed by atoms with Crippen molar-refractivity contribution in [2.45, 2.75) is 207 Å². The highest BCUT2D eigenvalue weighted by molar-refractivity contribution is 5.70. The molecule has 0 aromatic carbocycles. The Hall–Kier alpha value is -1.10. The Morgan fingerprint density at radius 1 is 0.535 bits per heavy atom. The van der Waals surface area contributed by atoms with E-state index in [2.05, 4.69) is 27.7 Å². The molecule has 1 unspecified atom stereocenters. The fourth-order valence-electron chi connectivity index (χ4n) is 5.60. The summed E-state index contributed by atoms with van der Waals surface area (Å²) >= 11 is 0. The predicted molar refractivity (Wildman–Crippen MR) is 182 cm³/mol. The van der Waals surface area contributed by atoms with Crippen LogP contribution in [-0.4, -0.2) is 36.4 Å². The summed E-state index contributed by atoms with van der Waals surface area (Å²) in [6.07, 6.45) is 31.5. The maximum absolute atomic E-state index is 12.1. The number of esters is 2. The van der Waals surface area contributed by atoms with Gasteiger partial charge in [0.1, 0.15) is 6.61 Å². The lowest BCUT2D eigenvalue weighted by Gasteiger charge is -2.15. The van der Waals surface area contributed by atoms with Gasteiger partial charge in [0, 0.05) is 12.8 Å². The topological polar surface area (TPSA) is 72.8 Å². The third-order valence-electron chi connectivity index (χ3n) is 8.87. The van der Waals surface area contributed by atoms with E-state index in [0.29, 0.717) is 12.8 Å². The molecule has 0 aromatic heterocycles. The first-order chi connectivity index (χ1) is 20.9. The minimum Gasteiger partial charge on any atom is -0.462 e. The first-order valence-corrected chi connectivity index (χ1v) is 18.8. The van der Waals surface area contributed by atoms with Gasteiger partial charge in [0.15, 0.2) is 6.10 Å². The third-order valence-corrected chi connectivity index (χ3v) is 8.87. The molecule has 0 saturated heterocycles. The molecule has 0 radical (unpaired) electrons. The van der Waals surface area contributed by atoms with Crippen LogP contribution in [0.2, 0.25) is 0 Å². The molecule has 0 rings (SSSR count). The van der Waals surface area contributed by atoms with Crippen molar-refractivity contribution < 1.29 is 24.2 Å². The molecule has 0 amide bonds. The van der Waals surface area contributed by atoms with Crippen molar-refractivity contribution in [3.05, 3.63) is 0 Å². The first kappa shape index (κ1) is 41.9. The number of carbonyl (C=O) groups is 2. The summed E-state index contributed by atoms with van der Waals surface area (Å²) in [5.41, 5.74) is 0. The molecule has 0 spiro atoms. The number of aliphatic hydroxyl groups is 1. The van der Waals surface area contributed by atoms with Crippen LogP contribution in [0.15, 0.2) is 0 Å². The van der Waals surface area contributed by atoms with E-state index in [-0.39, 0.29) is 25.2 Å². The van der Waals surface area contributed by atoms with Gasteiger partial charge in [0.05, 0.1) is 6.61 Å². The average Bonchev–Trinajstić information content (AvgIpc) is 2.99. The number of aliphatic hydroxyl groups excluding tert-OH is 1. The zero-order valence-electron chi connectivity index (χ0n) is 29.3. The van der Waals surface area contributed by atoms with Crippen LogP contribution in [-0.2, 0) is 19.1 Å². The summed E-state index contributed by atoms with van der Waals surface area (Å²) in [6.45, 7) is 8.86. The summed E-state index contributed by atoms with van der Waals surface area (Å²) in [5.74, 6) is 1.14. The minimum atomic E-state index is -0.762. The van der Waals surface area contributed by atoms with Crippen LogP contribution < -0.4 is 0 Å². The highest BCUT2D eigenvalue weighted by Gasteiger charge is 2.16. The quantitative estimate of drug-likeness (QED) is 0.0591. The van der Waals surface area contributed by atoms with Gasteiger partial charge in [0.2, 0.25) is 0 Å². The van der Waals surface area contributed by atoms with Gasteiger partial charge in [0.25, 0.3) is 0 Å². The highest BCUT2D eigenvalue weighted by Crippen LogP contribution is 2.17. The van der Waals surface area contributed by atoms with Gasteiger partial charge < -0.3 is 14.6 Å². The van der Waals surface area contributed by atoms with Gasteiger partial charge in [-0.2, -0.15) is 0 Å². The van der Waals surface area contributed by atoms with Crippen LogP contribution >= 0.6 is 0 Å². The van der Waals surface area contributed by atoms with E-state index in [1.54, 1.807) is 0 Å². The second-order valence-corrected chi connectivity index (χ2v) is 13.7. The van der Waals surface area contributed by atoms with Crippen molar-refractivity contribution in [1.29, 1.82) is 0 Å². The van der Waals surface area contributed by atoms with Crippen LogP contribution in [0.5, 0.6) is 0 Å². The maximum atomic E-state index is 12.1. The van der Waals surface area contributed by atoms with Gasteiger partial charge in [-0.3, -0.25) is 9.59 Å². The first-order valence-electron chi connectivity index (χ1n) is 18.8. The van der Waals surface area contributed by atoms with E-state index in [9.17, 15) is 14.7 Å². The van der Waals surface area contributed by atoms with Crippen molar-refractivity contribution in [2.24, 2.45) is 11.8 Å². The van der Waals surface area contributed by atoms with Crippen molar-refractivity contribution in [3.8, 4) is 0 Å². The Labute approximate surface area is 268 Å². The van der Waals surface area contributed by atoms with Gasteiger partial charge in [-0.25, -0.2) is 0 Å². The fraction of sp³-hybridized carbons (Fsp3) is 0.947. The second kappa shape index (κ2) is 32.3. The van der Waals surface area contributed by atoms with Gasteiger partial charge in [-0.05, 0) is 24.7 Å². The van der Waals surface area contributed by atoms with E-state index < -0.39 is 6.10 Å². The van der Waals surface area contributed by atoms with Crippen LogP contribution in [0.25, 0.3) is 0 Å². The Morgan fingerprint density at radius 2 is 0.907 bits per heavy atom. The molecule has 5 heteroatoms. The SMILES string of the molecule is CCC(C)CCCCCCCCCCCCC(=O)OC[C@H](CO)OC(=O)CCCCCCCCCCCCCCC(C)C. The maximum Gasteiger partial charge on any atom is 0.306 e. The lowest BCUT2D eigenvalue weighted by Crippen LogP contribution is -2.28. The monoisotopic (exact) mass is 611 g/mol. The molecule has 5 nitrogen and oxygen atoms in total. The lowest BCUT2D eigenvalue weighted by atomic mass is 9.99. The van der Waals surface area contributed by atoms with Gasteiger partial charge in [-0.15, -0.1) is 0 Å². The molecular formula is C38H74O5. The van der Waals surface area contributed by atoms with Crippen molar-refractivity contribution >= 4 is 11.9 Å². The fourth-order valence-corrected chi connectivity index (χ4v) is 5.60. The zero-order valence-corrected chi connectivity index (χ0v) is 29.3. The number of unbranched alkanes of at least 4 members (excludes halogenated alkanes) is 20. The van der Waals surface area contributed by atoms with Gasteiger partial charge in [-0.1, -0.05) is 175 Å². The van der Waals surface area contributed by atoms with E-state index in [4.69, 9.17) is 9.47 Å². The molecule has 2 atom stereocenters. The number of hydrogen-bond donors (Lipinski definition) is 1. The molecule has 0 fully saturated rings. The molecule has 0 aliphatic heterocycles. The normalized spacial score (nSPS) is 12.9. The number of carbonyl (C=O) groups excluding carboxylic acids is 2. The Morgan fingerprint density at radius 3 is 1.30 bits per heavy atom. The summed E-state index contributed by atoms with van der Waals surface area (Å²) in [7, 11) is 0. The summed E-state index contributed by atoms with van der Waals surface area (Å²) < 4.78 is 10.6. The van der Waals surface area contributed by atoms with Crippen LogP contribution in [0.4, 0.5) is 0 Å². The number of hydrogen-bond acceptors (Lipinski definition) is 5. The smallest absolute Gasteiger partial charge is 0.306 e. The van der Waals surface area contributed by atoms with E-state index in [1.807, 2.05) is 0 Å². The molecular weight excluding hydrogens is 536 g/mol. The standard InChI is InChI=1S/C38H74O5/c1-5-35(4)29-25-21-17-13-10-11-14-18-22-26-30-37(40)42-33-36(32-39)43-38(41)31-27-23-19-15-9-7-6-8-12-16-20-24-28-34(2)3/h34-36,39H,5-33H2,1-4H3/t35?,36-/m0/s1. The molecule has 0 heterocycles. The zero-order chi connectivity index (χ0) is 31.8. The van der Waals surface area contributed by atoms with Gasteiger partial charge >= 0.3 is 11.9 Å². The molecule has 43 heavy (non-hydrogen) atoms. The minimum absolute atomic E-state index is 0.0592. The Kier molecular flexibility index (Phi) is 31.5. The molecule has 0 aliphatic rings. The van der Waals surface area contributed by atoms with Crippen LogP contribution in [0, 0.1) is 11.8 Å². The number of ether oxygens (including phenoxy) is 2.